The normalized spacial score (nSPS) is 15.4. The lowest BCUT2D eigenvalue weighted by Gasteiger charge is -2.34. The van der Waals surface area contributed by atoms with E-state index in [9.17, 15) is 9.59 Å². The minimum absolute atomic E-state index is 0.118. The van der Waals surface area contributed by atoms with Crippen LogP contribution in [0.4, 0.5) is 0 Å². The molecule has 2 amide bonds. The molecule has 1 fully saturated rings. The van der Waals surface area contributed by atoms with Gasteiger partial charge in [0.25, 0.3) is 0 Å². The van der Waals surface area contributed by atoms with E-state index >= 15 is 0 Å². The van der Waals surface area contributed by atoms with E-state index in [0.717, 1.165) is 52.1 Å². The van der Waals surface area contributed by atoms with Crippen molar-refractivity contribution in [1.82, 2.24) is 15.1 Å². The highest BCUT2D eigenvalue weighted by molar-refractivity contribution is 5.76. The average Bonchev–Trinajstić information content (AvgIpc) is 2.58. The Morgan fingerprint density at radius 2 is 1.78 bits per heavy atom. The number of nitrogens with zero attached hydrogens (tertiary/aromatic N) is 2. The Bertz CT molecular complexity index is 496. The summed E-state index contributed by atoms with van der Waals surface area (Å²) in [6.07, 6.45) is 2.49. The molecule has 0 atom stereocenters. The van der Waals surface area contributed by atoms with Crippen LogP contribution in [0.2, 0.25) is 0 Å². The molecule has 1 aromatic rings. The van der Waals surface area contributed by atoms with Gasteiger partial charge in [0.2, 0.25) is 11.8 Å². The summed E-state index contributed by atoms with van der Waals surface area (Å²) in [5, 5.41) is 2.99. The Kier molecular flexibility index (Phi) is 7.07. The number of benzene rings is 1. The second kappa shape index (κ2) is 9.30. The van der Waals surface area contributed by atoms with Crippen LogP contribution in [-0.2, 0) is 16.0 Å². The number of piperazine rings is 1. The Balaban J connectivity index is 1.53. The number of amides is 2. The van der Waals surface area contributed by atoms with Crippen LogP contribution < -0.4 is 5.32 Å². The zero-order valence-electron chi connectivity index (χ0n) is 14.0. The molecule has 0 aliphatic carbocycles. The third-order valence-corrected chi connectivity index (χ3v) is 4.28. The summed E-state index contributed by atoms with van der Waals surface area (Å²) in [6, 6.07) is 10.3. The standard InChI is InChI=1S/C18H27N3O2/c1-16(22)21-14-12-20(13-15-21)11-9-18(23)19-10-5-8-17-6-3-2-4-7-17/h2-4,6-7H,5,8-15H2,1H3,(H,19,23). The van der Waals surface area contributed by atoms with Crippen molar-refractivity contribution < 1.29 is 9.59 Å². The molecular weight excluding hydrogens is 290 g/mol. The van der Waals surface area contributed by atoms with Crippen molar-refractivity contribution in [2.24, 2.45) is 0 Å². The second-order valence-corrected chi connectivity index (χ2v) is 6.04. The van der Waals surface area contributed by atoms with Crippen LogP contribution in [0.1, 0.15) is 25.3 Å². The topological polar surface area (TPSA) is 52.7 Å². The van der Waals surface area contributed by atoms with Crippen LogP contribution in [-0.4, -0.2) is 60.9 Å². The summed E-state index contributed by atoms with van der Waals surface area (Å²) in [6.45, 7) is 6.38. The van der Waals surface area contributed by atoms with Crippen molar-refractivity contribution in [3.05, 3.63) is 35.9 Å². The van der Waals surface area contributed by atoms with Gasteiger partial charge in [0.15, 0.2) is 0 Å². The van der Waals surface area contributed by atoms with Crippen molar-refractivity contribution in [2.75, 3.05) is 39.3 Å². The molecule has 1 saturated heterocycles. The third kappa shape index (κ3) is 6.40. The summed E-state index contributed by atoms with van der Waals surface area (Å²) in [7, 11) is 0. The maximum Gasteiger partial charge on any atom is 0.221 e. The lowest BCUT2D eigenvalue weighted by Crippen LogP contribution is -2.48. The van der Waals surface area contributed by atoms with Crippen molar-refractivity contribution in [2.45, 2.75) is 26.2 Å². The molecule has 1 N–H and O–H groups in total. The highest BCUT2D eigenvalue weighted by Gasteiger charge is 2.18. The van der Waals surface area contributed by atoms with Crippen LogP contribution in [0.3, 0.4) is 0 Å². The summed E-state index contributed by atoms with van der Waals surface area (Å²) >= 11 is 0. The van der Waals surface area contributed by atoms with E-state index in [1.807, 2.05) is 23.1 Å². The van der Waals surface area contributed by atoms with E-state index < -0.39 is 0 Å². The average molecular weight is 317 g/mol. The summed E-state index contributed by atoms with van der Waals surface area (Å²) in [5.74, 6) is 0.257. The fourth-order valence-electron chi connectivity index (χ4n) is 2.80. The van der Waals surface area contributed by atoms with Crippen LogP contribution in [0.25, 0.3) is 0 Å². The van der Waals surface area contributed by atoms with Crippen molar-refractivity contribution in [3.8, 4) is 0 Å². The zero-order chi connectivity index (χ0) is 16.5. The van der Waals surface area contributed by atoms with Crippen LogP contribution >= 0.6 is 0 Å². The lowest BCUT2D eigenvalue weighted by molar-refractivity contribution is -0.131. The first-order chi connectivity index (χ1) is 11.1. The first-order valence-corrected chi connectivity index (χ1v) is 8.43. The highest BCUT2D eigenvalue weighted by atomic mass is 16.2. The van der Waals surface area contributed by atoms with E-state index in [0.29, 0.717) is 6.42 Å². The summed E-state index contributed by atoms with van der Waals surface area (Å²) in [5.41, 5.74) is 1.31. The Hall–Kier alpha value is -1.88. The van der Waals surface area contributed by atoms with E-state index in [-0.39, 0.29) is 11.8 Å². The molecule has 0 radical (unpaired) electrons. The zero-order valence-corrected chi connectivity index (χ0v) is 14.0. The predicted octanol–water partition coefficient (Wildman–Crippen LogP) is 1.29. The van der Waals surface area contributed by atoms with Gasteiger partial charge < -0.3 is 10.2 Å². The first kappa shape index (κ1) is 17.5. The third-order valence-electron chi connectivity index (χ3n) is 4.28. The summed E-state index contributed by atoms with van der Waals surface area (Å²) in [4.78, 5) is 27.2. The fraction of sp³-hybridized carbons (Fsp3) is 0.556. The molecule has 23 heavy (non-hydrogen) atoms. The lowest BCUT2D eigenvalue weighted by atomic mass is 10.1. The van der Waals surface area contributed by atoms with Gasteiger partial charge in [0.05, 0.1) is 0 Å². The molecule has 1 aliphatic rings. The second-order valence-electron chi connectivity index (χ2n) is 6.04. The van der Waals surface area contributed by atoms with Crippen LogP contribution in [0.15, 0.2) is 30.3 Å². The van der Waals surface area contributed by atoms with E-state index in [1.165, 1.54) is 5.56 Å². The predicted molar refractivity (Wildman–Crippen MR) is 91.1 cm³/mol. The van der Waals surface area contributed by atoms with Gasteiger partial charge >= 0.3 is 0 Å². The molecule has 5 nitrogen and oxygen atoms in total. The molecule has 0 unspecified atom stereocenters. The Labute approximate surface area is 138 Å². The van der Waals surface area contributed by atoms with Crippen molar-refractivity contribution in [3.63, 3.8) is 0 Å². The largest absolute Gasteiger partial charge is 0.356 e. The molecule has 1 aliphatic heterocycles. The fourth-order valence-corrected chi connectivity index (χ4v) is 2.80. The number of carbonyl (C=O) groups excluding carboxylic acids is 2. The van der Waals surface area contributed by atoms with Gasteiger partial charge in [-0.15, -0.1) is 0 Å². The molecule has 2 rings (SSSR count). The van der Waals surface area contributed by atoms with Crippen molar-refractivity contribution in [1.29, 1.82) is 0 Å². The van der Waals surface area contributed by atoms with Gasteiger partial charge in [-0.2, -0.15) is 0 Å². The van der Waals surface area contributed by atoms with Gasteiger partial charge in [-0.1, -0.05) is 30.3 Å². The van der Waals surface area contributed by atoms with Gasteiger partial charge in [0.1, 0.15) is 0 Å². The minimum atomic E-state index is 0.118. The Morgan fingerprint density at radius 3 is 2.43 bits per heavy atom. The van der Waals surface area contributed by atoms with Gasteiger partial charge in [-0.3, -0.25) is 14.5 Å². The quantitative estimate of drug-likeness (QED) is 0.771. The maximum absolute atomic E-state index is 11.9. The van der Waals surface area contributed by atoms with Crippen molar-refractivity contribution >= 4 is 11.8 Å². The maximum atomic E-state index is 11.9. The molecule has 126 valence electrons. The molecule has 0 aromatic heterocycles. The van der Waals surface area contributed by atoms with Gasteiger partial charge in [-0.25, -0.2) is 0 Å². The first-order valence-electron chi connectivity index (χ1n) is 8.43. The van der Waals surface area contributed by atoms with Gasteiger partial charge in [-0.05, 0) is 18.4 Å². The highest BCUT2D eigenvalue weighted by Crippen LogP contribution is 2.03. The SMILES string of the molecule is CC(=O)N1CCN(CCC(=O)NCCCc2ccccc2)CC1. The molecule has 5 heteroatoms. The number of rotatable bonds is 7. The number of hydrogen-bond acceptors (Lipinski definition) is 3. The number of hydrogen-bond donors (Lipinski definition) is 1. The molecule has 0 bridgehead atoms. The molecule has 0 saturated carbocycles. The molecule has 1 aromatic carbocycles. The number of carbonyl (C=O) groups is 2. The minimum Gasteiger partial charge on any atom is -0.356 e. The number of nitrogens with one attached hydrogen (secondary N) is 1. The Morgan fingerprint density at radius 1 is 1.09 bits per heavy atom. The van der Waals surface area contributed by atoms with Crippen LogP contribution in [0, 0.1) is 0 Å². The van der Waals surface area contributed by atoms with Gasteiger partial charge in [0, 0.05) is 52.6 Å². The van der Waals surface area contributed by atoms with Crippen LogP contribution in [0.5, 0.6) is 0 Å². The van der Waals surface area contributed by atoms with E-state index in [4.69, 9.17) is 0 Å². The molecule has 0 spiro atoms. The molecular formula is C18H27N3O2. The van der Waals surface area contributed by atoms with E-state index in [1.54, 1.807) is 6.92 Å². The smallest absolute Gasteiger partial charge is 0.221 e. The molecule has 1 heterocycles. The summed E-state index contributed by atoms with van der Waals surface area (Å²) < 4.78 is 0. The number of aryl methyl sites for hydroxylation is 1. The van der Waals surface area contributed by atoms with E-state index in [2.05, 4.69) is 22.3 Å². The monoisotopic (exact) mass is 317 g/mol.